The zero-order valence-electron chi connectivity index (χ0n) is 8.32. The van der Waals surface area contributed by atoms with E-state index in [1.54, 1.807) is 12.8 Å². The fraction of sp³-hybridized carbons (Fsp3) is 1.00. The summed E-state index contributed by atoms with van der Waals surface area (Å²) >= 11 is 0. The average Bonchev–Trinajstić information content (AvgIpc) is 1.87. The molecular weight excluding hydrogens is 132 g/mol. The molecule has 3 aliphatic rings. The maximum Gasteiger partial charge on any atom is -0.0321 e. The Morgan fingerprint density at radius 3 is 2.00 bits per heavy atom. The van der Waals surface area contributed by atoms with Crippen molar-refractivity contribution >= 4 is 0 Å². The lowest BCUT2D eigenvalue weighted by molar-refractivity contribution is 0.0136. The largest absolute Gasteiger partial charge is 0.0656 e. The summed E-state index contributed by atoms with van der Waals surface area (Å²) in [6.07, 6.45) is 8.92. The maximum absolute atomic E-state index is 2.45. The summed E-state index contributed by atoms with van der Waals surface area (Å²) in [6.45, 7) is 6.70. The Hall–Kier alpha value is 0. The van der Waals surface area contributed by atoms with Crippen LogP contribution in [0.15, 0.2) is 0 Å². The third-order valence-corrected chi connectivity index (χ3v) is 2.96. The van der Waals surface area contributed by atoms with E-state index in [2.05, 4.69) is 20.8 Å². The van der Waals surface area contributed by atoms with Crippen LogP contribution in [0, 0.1) is 11.3 Å². The predicted octanol–water partition coefficient (Wildman–Crippen LogP) is 4.00. The second-order valence-electron chi connectivity index (χ2n) is 4.68. The molecule has 0 heteroatoms. The van der Waals surface area contributed by atoms with Gasteiger partial charge in [-0.25, -0.2) is 0 Å². The van der Waals surface area contributed by atoms with E-state index >= 15 is 0 Å². The molecular formula is C11H22. The molecule has 0 aromatic carbocycles. The highest BCUT2D eigenvalue weighted by Gasteiger charge is 2.42. The molecule has 0 aromatic rings. The predicted molar refractivity (Wildman–Crippen MR) is 50.6 cm³/mol. The standard InChI is InChI=1S/C8H14.C3H8/c1-8-4-2-3-7(5-8)6-8;1-3-2/h7H,2-6H2,1H3;3H2,1-2H3. The molecule has 0 nitrogen and oxygen atoms in total. The molecule has 3 fully saturated rings. The van der Waals surface area contributed by atoms with Crippen molar-refractivity contribution in [3.8, 4) is 0 Å². The molecule has 0 unspecified atom stereocenters. The van der Waals surface area contributed by atoms with Crippen LogP contribution in [-0.2, 0) is 0 Å². The van der Waals surface area contributed by atoms with Crippen LogP contribution < -0.4 is 0 Å². The Balaban J connectivity index is 0.000000179. The van der Waals surface area contributed by atoms with E-state index in [1.165, 1.54) is 25.7 Å². The van der Waals surface area contributed by atoms with E-state index in [-0.39, 0.29) is 0 Å². The Kier molecular flexibility index (Phi) is 2.98. The topological polar surface area (TPSA) is 0 Å². The van der Waals surface area contributed by atoms with E-state index in [4.69, 9.17) is 0 Å². The zero-order chi connectivity index (χ0) is 8.32. The molecule has 0 heterocycles. The van der Waals surface area contributed by atoms with Gasteiger partial charge in [0.2, 0.25) is 0 Å². The van der Waals surface area contributed by atoms with Crippen LogP contribution in [0.3, 0.4) is 0 Å². The van der Waals surface area contributed by atoms with Crippen LogP contribution in [0.4, 0.5) is 0 Å². The zero-order valence-corrected chi connectivity index (χ0v) is 8.32. The van der Waals surface area contributed by atoms with Gasteiger partial charge in [-0.2, -0.15) is 0 Å². The van der Waals surface area contributed by atoms with Gasteiger partial charge in [0.15, 0.2) is 0 Å². The second kappa shape index (κ2) is 3.60. The smallest absolute Gasteiger partial charge is 0.0321 e. The molecule has 0 saturated heterocycles. The van der Waals surface area contributed by atoms with Gasteiger partial charge in [-0.1, -0.05) is 40.0 Å². The van der Waals surface area contributed by atoms with Crippen LogP contribution >= 0.6 is 0 Å². The monoisotopic (exact) mass is 154 g/mol. The summed E-state index contributed by atoms with van der Waals surface area (Å²) in [5.74, 6) is 1.15. The number of hydrogen-bond donors (Lipinski definition) is 0. The van der Waals surface area contributed by atoms with E-state index in [0.29, 0.717) is 0 Å². The summed E-state index contributed by atoms with van der Waals surface area (Å²) in [5, 5.41) is 0. The number of rotatable bonds is 0. The van der Waals surface area contributed by atoms with Crippen molar-refractivity contribution in [2.75, 3.05) is 0 Å². The minimum atomic E-state index is 0.822. The van der Waals surface area contributed by atoms with Crippen LogP contribution in [0.1, 0.15) is 59.3 Å². The fourth-order valence-electron chi connectivity index (χ4n) is 2.56. The summed E-state index contributed by atoms with van der Waals surface area (Å²) in [6, 6.07) is 0. The van der Waals surface area contributed by atoms with Crippen molar-refractivity contribution < 1.29 is 0 Å². The lowest BCUT2D eigenvalue weighted by Gasteiger charge is -2.50. The highest BCUT2D eigenvalue weighted by atomic mass is 14.5. The summed E-state index contributed by atoms with van der Waals surface area (Å²) in [4.78, 5) is 0. The van der Waals surface area contributed by atoms with Gasteiger partial charge in [-0.15, -0.1) is 0 Å². The molecule has 3 rings (SSSR count). The third kappa shape index (κ3) is 2.21. The molecule has 2 bridgehead atoms. The van der Waals surface area contributed by atoms with Gasteiger partial charge in [-0.05, 0) is 30.6 Å². The molecule has 3 saturated carbocycles. The number of hydrogen-bond acceptors (Lipinski definition) is 0. The van der Waals surface area contributed by atoms with E-state index in [9.17, 15) is 0 Å². The molecule has 0 aromatic heterocycles. The average molecular weight is 154 g/mol. The molecule has 0 atom stereocenters. The molecule has 0 amide bonds. The first-order chi connectivity index (χ1) is 5.20. The van der Waals surface area contributed by atoms with Crippen LogP contribution in [0.5, 0.6) is 0 Å². The molecule has 0 aliphatic heterocycles. The molecule has 0 spiro atoms. The van der Waals surface area contributed by atoms with Crippen molar-refractivity contribution in [3.05, 3.63) is 0 Å². The minimum absolute atomic E-state index is 0.822. The van der Waals surface area contributed by atoms with Gasteiger partial charge in [0.05, 0.1) is 0 Å². The Morgan fingerprint density at radius 1 is 1.27 bits per heavy atom. The Bertz CT molecular complexity index is 104. The van der Waals surface area contributed by atoms with Gasteiger partial charge >= 0.3 is 0 Å². The van der Waals surface area contributed by atoms with Gasteiger partial charge in [0.1, 0.15) is 0 Å². The minimum Gasteiger partial charge on any atom is -0.0656 e. The van der Waals surface area contributed by atoms with E-state index in [0.717, 1.165) is 11.3 Å². The number of fused-ring (bicyclic) bond motifs is 2. The molecule has 3 aliphatic carbocycles. The first kappa shape index (κ1) is 9.09. The molecule has 66 valence electrons. The van der Waals surface area contributed by atoms with Crippen molar-refractivity contribution in [2.45, 2.75) is 59.3 Å². The maximum atomic E-state index is 2.45. The van der Waals surface area contributed by atoms with Crippen LogP contribution in [0.25, 0.3) is 0 Å². The van der Waals surface area contributed by atoms with E-state index < -0.39 is 0 Å². The van der Waals surface area contributed by atoms with Crippen molar-refractivity contribution in [3.63, 3.8) is 0 Å². The highest BCUT2D eigenvalue weighted by molar-refractivity contribution is 4.94. The van der Waals surface area contributed by atoms with Gasteiger partial charge in [-0.3, -0.25) is 0 Å². The summed E-state index contributed by atoms with van der Waals surface area (Å²) < 4.78 is 0. The van der Waals surface area contributed by atoms with Crippen molar-refractivity contribution in [1.82, 2.24) is 0 Å². The molecule has 0 radical (unpaired) electrons. The van der Waals surface area contributed by atoms with Crippen molar-refractivity contribution in [2.24, 2.45) is 11.3 Å². The molecule has 0 N–H and O–H groups in total. The summed E-state index contributed by atoms with van der Waals surface area (Å²) in [7, 11) is 0. The quantitative estimate of drug-likeness (QED) is 0.494. The second-order valence-corrected chi connectivity index (χ2v) is 4.68. The summed E-state index contributed by atoms with van der Waals surface area (Å²) in [5.41, 5.74) is 0.822. The van der Waals surface area contributed by atoms with Crippen LogP contribution in [-0.4, -0.2) is 0 Å². The van der Waals surface area contributed by atoms with Gasteiger partial charge < -0.3 is 0 Å². The normalized spacial score (nSPS) is 40.1. The fourth-order valence-corrected chi connectivity index (χ4v) is 2.56. The highest BCUT2D eigenvalue weighted by Crippen LogP contribution is 2.54. The first-order valence-electron chi connectivity index (χ1n) is 5.20. The first-order valence-corrected chi connectivity index (χ1v) is 5.20. The van der Waals surface area contributed by atoms with E-state index in [1.807, 2.05) is 0 Å². The Morgan fingerprint density at radius 2 is 1.82 bits per heavy atom. The SMILES string of the molecule is CC12CCCC(C1)C2.CCC. The van der Waals surface area contributed by atoms with Gasteiger partial charge in [0, 0.05) is 0 Å². The Labute approximate surface area is 71.4 Å². The van der Waals surface area contributed by atoms with Crippen LogP contribution in [0.2, 0.25) is 0 Å². The molecule has 11 heavy (non-hydrogen) atoms. The van der Waals surface area contributed by atoms with Gasteiger partial charge in [0.25, 0.3) is 0 Å². The third-order valence-electron chi connectivity index (χ3n) is 2.96. The van der Waals surface area contributed by atoms with Crippen molar-refractivity contribution in [1.29, 1.82) is 0 Å². The lowest BCUT2D eigenvalue weighted by atomic mass is 9.55. The lowest BCUT2D eigenvalue weighted by Crippen LogP contribution is -2.38.